The summed E-state index contributed by atoms with van der Waals surface area (Å²) in [6, 6.07) is 4.53. The fourth-order valence-electron chi connectivity index (χ4n) is 3.55. The predicted octanol–water partition coefficient (Wildman–Crippen LogP) is 2.83. The van der Waals surface area contributed by atoms with Crippen molar-refractivity contribution in [3.05, 3.63) is 53.1 Å². The first-order valence-corrected chi connectivity index (χ1v) is 10.5. The van der Waals surface area contributed by atoms with Gasteiger partial charge in [-0.15, -0.1) is 0 Å². The van der Waals surface area contributed by atoms with E-state index in [-0.39, 0.29) is 19.4 Å². The number of nitrogens with zero attached hydrogens (tertiary/aromatic N) is 1. The molecule has 0 N–H and O–H groups in total. The van der Waals surface area contributed by atoms with Crippen molar-refractivity contribution in [2.75, 3.05) is 27.9 Å². The molecule has 0 aliphatic carbocycles. The number of esters is 1. The molecule has 30 heavy (non-hydrogen) atoms. The molecule has 1 unspecified atom stereocenters. The number of halogens is 2. The van der Waals surface area contributed by atoms with Gasteiger partial charge in [0.25, 0.3) is 0 Å². The zero-order valence-corrected chi connectivity index (χ0v) is 17.5. The van der Waals surface area contributed by atoms with Gasteiger partial charge in [-0.25, -0.2) is 17.2 Å². The number of rotatable bonds is 6. The third-order valence-electron chi connectivity index (χ3n) is 5.02. The number of hydrogen-bond donors (Lipinski definition) is 0. The molecular formula is C20H21F2NO6S. The zero-order chi connectivity index (χ0) is 22.1. The van der Waals surface area contributed by atoms with Crippen LogP contribution in [0, 0.1) is 11.6 Å². The lowest BCUT2D eigenvalue weighted by atomic mass is 9.91. The third kappa shape index (κ3) is 3.97. The number of fused-ring (bicyclic) bond motifs is 1. The minimum absolute atomic E-state index is 0.0393. The molecule has 2 aromatic rings. The Hall–Kier alpha value is -2.72. The summed E-state index contributed by atoms with van der Waals surface area (Å²) in [4.78, 5) is 11.3. The van der Waals surface area contributed by atoms with E-state index in [1.165, 1.54) is 21.3 Å². The van der Waals surface area contributed by atoms with E-state index in [0.717, 1.165) is 22.0 Å². The number of benzene rings is 2. The maximum absolute atomic E-state index is 14.3. The third-order valence-corrected chi connectivity index (χ3v) is 6.94. The first-order chi connectivity index (χ1) is 14.2. The van der Waals surface area contributed by atoms with Crippen molar-refractivity contribution in [2.45, 2.75) is 23.8 Å². The van der Waals surface area contributed by atoms with Gasteiger partial charge < -0.3 is 14.2 Å². The van der Waals surface area contributed by atoms with Crippen LogP contribution in [-0.4, -0.2) is 46.6 Å². The van der Waals surface area contributed by atoms with E-state index >= 15 is 0 Å². The summed E-state index contributed by atoms with van der Waals surface area (Å²) in [5, 5.41) is 0. The normalized spacial score (nSPS) is 16.6. The lowest BCUT2D eigenvalue weighted by Gasteiger charge is -2.36. The molecular weight excluding hydrogens is 420 g/mol. The second-order valence-corrected chi connectivity index (χ2v) is 8.50. The van der Waals surface area contributed by atoms with Crippen LogP contribution >= 0.6 is 0 Å². The Balaban J connectivity index is 2.15. The highest BCUT2D eigenvalue weighted by molar-refractivity contribution is 7.89. The van der Waals surface area contributed by atoms with Gasteiger partial charge in [0.2, 0.25) is 10.0 Å². The van der Waals surface area contributed by atoms with Crippen molar-refractivity contribution in [1.29, 1.82) is 0 Å². The van der Waals surface area contributed by atoms with Crippen LogP contribution in [0.4, 0.5) is 8.78 Å². The van der Waals surface area contributed by atoms with Gasteiger partial charge in [0.1, 0.15) is 16.5 Å². The zero-order valence-electron chi connectivity index (χ0n) is 16.6. The largest absolute Gasteiger partial charge is 0.493 e. The molecule has 0 saturated heterocycles. The fraction of sp³-hybridized carbons (Fsp3) is 0.350. The Kier molecular flexibility index (Phi) is 6.27. The monoisotopic (exact) mass is 441 g/mol. The van der Waals surface area contributed by atoms with Crippen molar-refractivity contribution in [1.82, 2.24) is 4.31 Å². The number of carbonyl (C=O) groups is 1. The molecule has 2 aromatic carbocycles. The maximum Gasteiger partial charge on any atom is 0.307 e. The fourth-order valence-corrected chi connectivity index (χ4v) is 5.23. The Bertz CT molecular complexity index is 1070. The molecule has 0 aromatic heterocycles. The van der Waals surface area contributed by atoms with E-state index in [0.29, 0.717) is 23.1 Å². The molecule has 0 spiro atoms. The van der Waals surface area contributed by atoms with Crippen molar-refractivity contribution in [2.24, 2.45) is 0 Å². The summed E-state index contributed by atoms with van der Waals surface area (Å²) in [6.07, 6.45) is -0.0291. The highest BCUT2D eigenvalue weighted by Crippen LogP contribution is 2.42. The van der Waals surface area contributed by atoms with E-state index in [1.54, 1.807) is 12.1 Å². The topological polar surface area (TPSA) is 82.1 Å². The van der Waals surface area contributed by atoms with Crippen LogP contribution < -0.4 is 9.47 Å². The summed E-state index contributed by atoms with van der Waals surface area (Å²) in [5.41, 5.74) is 1.26. The molecule has 0 bridgehead atoms. The van der Waals surface area contributed by atoms with E-state index < -0.39 is 38.6 Å². The SMILES string of the molecule is COC(=O)CC1c2cc(OC)c(OC)cc2CCN1S(=O)(=O)c1cc(F)ccc1F. The Labute approximate surface area is 173 Å². The van der Waals surface area contributed by atoms with Crippen molar-refractivity contribution < 1.29 is 36.2 Å². The summed E-state index contributed by atoms with van der Waals surface area (Å²) in [5.74, 6) is -1.81. The van der Waals surface area contributed by atoms with Gasteiger partial charge in [-0.05, 0) is 47.9 Å². The first-order valence-electron chi connectivity index (χ1n) is 9.01. The van der Waals surface area contributed by atoms with Crippen LogP contribution in [0.5, 0.6) is 11.5 Å². The molecule has 3 rings (SSSR count). The lowest BCUT2D eigenvalue weighted by Crippen LogP contribution is -2.41. The molecule has 1 heterocycles. The number of ether oxygens (including phenoxy) is 3. The van der Waals surface area contributed by atoms with Crippen LogP contribution in [0.3, 0.4) is 0 Å². The molecule has 162 valence electrons. The quantitative estimate of drug-likeness (QED) is 0.642. The van der Waals surface area contributed by atoms with E-state index in [9.17, 15) is 22.0 Å². The van der Waals surface area contributed by atoms with Crippen LogP contribution in [0.15, 0.2) is 35.2 Å². The van der Waals surface area contributed by atoms with Gasteiger partial charge in [-0.2, -0.15) is 4.31 Å². The van der Waals surface area contributed by atoms with Crippen molar-refractivity contribution in [3.63, 3.8) is 0 Å². The summed E-state index contributed by atoms with van der Waals surface area (Å²) >= 11 is 0. The van der Waals surface area contributed by atoms with E-state index in [1.807, 2.05) is 0 Å². The maximum atomic E-state index is 14.3. The van der Waals surface area contributed by atoms with Gasteiger partial charge >= 0.3 is 5.97 Å². The van der Waals surface area contributed by atoms with Crippen LogP contribution in [0.2, 0.25) is 0 Å². The second-order valence-electron chi connectivity index (χ2n) is 6.64. The van der Waals surface area contributed by atoms with Gasteiger partial charge in [0.15, 0.2) is 11.5 Å². The number of sulfonamides is 1. The molecule has 0 amide bonds. The molecule has 1 atom stereocenters. The van der Waals surface area contributed by atoms with Gasteiger partial charge in [-0.1, -0.05) is 0 Å². The average molecular weight is 441 g/mol. The standard InChI is InChI=1S/C20H21F2NO6S/c1-27-17-8-12-6-7-23(30(25,26)19-9-13(21)4-5-15(19)22)16(11-20(24)29-3)14(12)10-18(17)28-2/h4-5,8-10,16H,6-7,11H2,1-3H3. The summed E-state index contributed by atoms with van der Waals surface area (Å²) in [7, 11) is -0.367. The molecule has 0 saturated carbocycles. The smallest absolute Gasteiger partial charge is 0.307 e. The molecule has 0 fully saturated rings. The minimum Gasteiger partial charge on any atom is -0.493 e. The number of carbonyl (C=O) groups excluding carboxylic acids is 1. The summed E-state index contributed by atoms with van der Waals surface area (Å²) < 4.78 is 70.8. The van der Waals surface area contributed by atoms with Gasteiger partial charge in [0, 0.05) is 6.54 Å². The van der Waals surface area contributed by atoms with Gasteiger partial charge in [0.05, 0.1) is 33.8 Å². The summed E-state index contributed by atoms with van der Waals surface area (Å²) in [6.45, 7) is -0.0393. The predicted molar refractivity (Wildman–Crippen MR) is 103 cm³/mol. The van der Waals surface area contributed by atoms with Crippen LogP contribution in [0.25, 0.3) is 0 Å². The highest BCUT2D eigenvalue weighted by Gasteiger charge is 2.39. The first kappa shape index (κ1) is 22.0. The van der Waals surface area contributed by atoms with E-state index in [2.05, 4.69) is 0 Å². The van der Waals surface area contributed by atoms with E-state index in [4.69, 9.17) is 14.2 Å². The molecule has 1 aliphatic rings. The van der Waals surface area contributed by atoms with Crippen molar-refractivity contribution in [3.8, 4) is 11.5 Å². The van der Waals surface area contributed by atoms with Gasteiger partial charge in [-0.3, -0.25) is 4.79 Å². The average Bonchev–Trinajstić information content (AvgIpc) is 2.74. The second kappa shape index (κ2) is 8.57. The Morgan fingerprint density at radius 1 is 1.10 bits per heavy atom. The number of hydrogen-bond acceptors (Lipinski definition) is 6. The van der Waals surface area contributed by atoms with Crippen LogP contribution in [-0.2, 0) is 26.0 Å². The molecule has 10 heteroatoms. The lowest BCUT2D eigenvalue weighted by molar-refractivity contribution is -0.141. The molecule has 7 nitrogen and oxygen atoms in total. The minimum atomic E-state index is -4.46. The molecule has 0 radical (unpaired) electrons. The van der Waals surface area contributed by atoms with Crippen LogP contribution in [0.1, 0.15) is 23.6 Å². The number of methoxy groups -OCH3 is 3. The molecule has 1 aliphatic heterocycles. The Morgan fingerprint density at radius 3 is 2.40 bits per heavy atom. The Morgan fingerprint density at radius 2 is 1.77 bits per heavy atom. The van der Waals surface area contributed by atoms with Crippen molar-refractivity contribution >= 4 is 16.0 Å². The highest BCUT2D eigenvalue weighted by atomic mass is 32.2.